The van der Waals surface area contributed by atoms with Crippen molar-refractivity contribution in [2.24, 2.45) is 0 Å². The van der Waals surface area contributed by atoms with E-state index < -0.39 is 6.10 Å². The lowest BCUT2D eigenvalue weighted by atomic mass is 9.89. The number of carbonyl (C=O) groups is 2. The number of nitrogens with zero attached hydrogens (tertiary/aromatic N) is 3. The maximum absolute atomic E-state index is 12.7. The number of rotatable bonds is 4. The minimum Gasteiger partial charge on any atom is -0.389 e. The number of likely N-dealkylation sites (tertiary alicyclic amines) is 1. The molecule has 7 nitrogen and oxygen atoms in total. The van der Waals surface area contributed by atoms with Crippen molar-refractivity contribution >= 4 is 34.9 Å². The molecule has 2 aliphatic rings. The van der Waals surface area contributed by atoms with Gasteiger partial charge in [0.1, 0.15) is 0 Å². The van der Waals surface area contributed by atoms with Crippen molar-refractivity contribution in [3.63, 3.8) is 0 Å². The molecule has 0 bridgehead atoms. The topological polar surface area (TPSA) is 76.1 Å². The summed E-state index contributed by atoms with van der Waals surface area (Å²) >= 11 is 5.99. The van der Waals surface area contributed by atoms with Gasteiger partial charge in [-0.25, -0.2) is 4.79 Å². The van der Waals surface area contributed by atoms with Crippen LogP contribution in [0.3, 0.4) is 0 Å². The van der Waals surface area contributed by atoms with Gasteiger partial charge in [0.05, 0.1) is 12.1 Å². The number of anilines is 2. The maximum Gasteiger partial charge on any atom is 0.321 e. The van der Waals surface area contributed by atoms with Crippen LogP contribution in [0.15, 0.2) is 48.5 Å². The third-order valence-electron chi connectivity index (χ3n) is 6.86. The molecule has 2 aromatic carbocycles. The van der Waals surface area contributed by atoms with Crippen molar-refractivity contribution in [1.82, 2.24) is 9.80 Å². The number of β-amino-alcohol motifs (C(OH)–C–C–N with tert-alkyl or cyclic N) is 1. The number of likely N-dealkylation sites (N-methyl/N-ethyl adjacent to an activating group) is 1. The van der Waals surface area contributed by atoms with E-state index in [1.165, 1.54) is 12.5 Å². The van der Waals surface area contributed by atoms with E-state index in [9.17, 15) is 14.7 Å². The normalized spacial score (nSPS) is 21.2. The van der Waals surface area contributed by atoms with Gasteiger partial charge < -0.3 is 25.1 Å². The van der Waals surface area contributed by atoms with Crippen LogP contribution in [0.25, 0.3) is 0 Å². The fraction of sp³-hybridized carbons (Fsp3) is 0.440. The van der Waals surface area contributed by atoms with Crippen LogP contribution in [0, 0.1) is 0 Å². The third-order valence-corrected chi connectivity index (χ3v) is 7.11. The standard InChI is InChI=1S/C25H31ClN4O3.2H2/c1-17(31)28(2)23-15-30(16-24(23)32)22-9-7-21(8-10-22)27-25(33)29-13-11-19(12-14-29)18-3-5-20(26)6-4-18;;/h3-10,19,23-24,32H,11-16H2,1-2H3,(H,27,33);2*1H. The quantitative estimate of drug-likeness (QED) is 0.693. The predicted molar refractivity (Wildman–Crippen MR) is 135 cm³/mol. The number of carbonyl (C=O) groups excluding carboxylic acids is 2. The minimum absolute atomic E-state index is 0. The summed E-state index contributed by atoms with van der Waals surface area (Å²) in [5, 5.41) is 14.1. The van der Waals surface area contributed by atoms with E-state index in [1.807, 2.05) is 41.3 Å². The molecule has 0 radical (unpaired) electrons. The molecule has 3 amide bonds. The smallest absolute Gasteiger partial charge is 0.321 e. The van der Waals surface area contributed by atoms with Crippen molar-refractivity contribution < 1.29 is 17.5 Å². The molecular formula is C25H35ClN4O3. The molecule has 2 aromatic rings. The molecule has 2 atom stereocenters. The van der Waals surface area contributed by atoms with Crippen molar-refractivity contribution in [3.05, 3.63) is 59.1 Å². The van der Waals surface area contributed by atoms with Gasteiger partial charge >= 0.3 is 6.03 Å². The average molecular weight is 475 g/mol. The summed E-state index contributed by atoms with van der Waals surface area (Å²) in [7, 11) is 1.72. The number of aliphatic hydroxyl groups is 1. The Bertz CT molecular complexity index is 985. The van der Waals surface area contributed by atoms with E-state index in [1.54, 1.807) is 11.9 Å². The Morgan fingerprint density at radius 3 is 2.30 bits per heavy atom. The van der Waals surface area contributed by atoms with Gasteiger partial charge in [-0.2, -0.15) is 0 Å². The van der Waals surface area contributed by atoms with Gasteiger partial charge in [0.2, 0.25) is 5.91 Å². The van der Waals surface area contributed by atoms with Gasteiger partial charge in [-0.3, -0.25) is 4.79 Å². The van der Waals surface area contributed by atoms with Crippen LogP contribution >= 0.6 is 11.6 Å². The maximum atomic E-state index is 12.7. The third kappa shape index (κ3) is 5.42. The SMILES string of the molecule is CC(=O)N(C)C1CN(c2ccc(NC(=O)N3CCC(c4ccc(Cl)cc4)CC3)cc2)CC1O.[HH].[HH]. The number of hydrogen-bond donors (Lipinski definition) is 2. The van der Waals surface area contributed by atoms with Gasteiger partial charge in [-0.1, -0.05) is 23.7 Å². The van der Waals surface area contributed by atoms with Gasteiger partial charge in [-0.15, -0.1) is 0 Å². The highest BCUT2D eigenvalue weighted by molar-refractivity contribution is 6.30. The van der Waals surface area contributed by atoms with Crippen LogP contribution in [0.5, 0.6) is 0 Å². The Hall–Kier alpha value is -2.77. The number of amides is 3. The Morgan fingerprint density at radius 1 is 1.06 bits per heavy atom. The zero-order chi connectivity index (χ0) is 23.5. The first-order chi connectivity index (χ1) is 15.8. The molecule has 0 aromatic heterocycles. The van der Waals surface area contributed by atoms with Gasteiger partial charge in [0.15, 0.2) is 0 Å². The first-order valence-corrected chi connectivity index (χ1v) is 11.8. The van der Waals surface area contributed by atoms with Crippen molar-refractivity contribution in [1.29, 1.82) is 0 Å². The Balaban J connectivity index is 0.00000216. The van der Waals surface area contributed by atoms with E-state index >= 15 is 0 Å². The highest BCUT2D eigenvalue weighted by Crippen LogP contribution is 2.29. The summed E-state index contributed by atoms with van der Waals surface area (Å²) in [6, 6.07) is 15.3. The van der Waals surface area contributed by atoms with Crippen LogP contribution in [-0.4, -0.2) is 72.2 Å². The fourth-order valence-corrected chi connectivity index (χ4v) is 4.83. The number of urea groups is 1. The second-order valence-corrected chi connectivity index (χ2v) is 9.40. The van der Waals surface area contributed by atoms with Crippen LogP contribution in [0.1, 0.15) is 34.1 Å². The zero-order valence-corrected chi connectivity index (χ0v) is 19.8. The number of piperidine rings is 1. The van der Waals surface area contributed by atoms with E-state index in [2.05, 4.69) is 22.3 Å². The highest BCUT2D eigenvalue weighted by Gasteiger charge is 2.35. The summed E-state index contributed by atoms with van der Waals surface area (Å²) < 4.78 is 0. The number of nitrogens with one attached hydrogen (secondary N) is 1. The van der Waals surface area contributed by atoms with Gasteiger partial charge in [0.25, 0.3) is 0 Å². The number of benzene rings is 2. The first kappa shape index (κ1) is 23.4. The Morgan fingerprint density at radius 2 is 1.70 bits per heavy atom. The van der Waals surface area contributed by atoms with E-state index in [4.69, 9.17) is 11.6 Å². The average Bonchev–Trinajstić information content (AvgIpc) is 3.21. The summed E-state index contributed by atoms with van der Waals surface area (Å²) in [5.74, 6) is 0.392. The molecule has 2 fully saturated rings. The number of aliphatic hydroxyl groups excluding tert-OH is 1. The zero-order valence-electron chi connectivity index (χ0n) is 19.1. The molecule has 180 valence electrons. The largest absolute Gasteiger partial charge is 0.389 e. The van der Waals surface area contributed by atoms with Crippen LogP contribution in [0.2, 0.25) is 5.02 Å². The molecule has 2 unspecified atom stereocenters. The second-order valence-electron chi connectivity index (χ2n) is 8.96. The highest BCUT2D eigenvalue weighted by atomic mass is 35.5. The monoisotopic (exact) mass is 474 g/mol. The molecule has 0 spiro atoms. The summed E-state index contributed by atoms with van der Waals surface area (Å²) in [6.07, 6.45) is 1.27. The molecule has 2 saturated heterocycles. The molecule has 2 aliphatic heterocycles. The van der Waals surface area contributed by atoms with Crippen molar-refractivity contribution in [2.75, 3.05) is 43.4 Å². The summed E-state index contributed by atoms with van der Waals surface area (Å²) in [4.78, 5) is 29.9. The van der Waals surface area contributed by atoms with Gasteiger partial charge in [-0.05, 0) is 60.7 Å². The first-order valence-electron chi connectivity index (χ1n) is 11.4. The lowest BCUT2D eigenvalue weighted by molar-refractivity contribution is -0.130. The number of hydrogen-bond acceptors (Lipinski definition) is 4. The molecule has 4 rings (SSSR count). The molecular weight excluding hydrogens is 440 g/mol. The minimum atomic E-state index is -0.589. The molecule has 0 aliphatic carbocycles. The lowest BCUT2D eigenvalue weighted by Gasteiger charge is -2.32. The molecule has 0 saturated carbocycles. The van der Waals surface area contributed by atoms with Crippen LogP contribution in [-0.2, 0) is 4.79 Å². The second kappa shape index (κ2) is 10.0. The Kier molecular flexibility index (Phi) is 7.10. The van der Waals surface area contributed by atoms with E-state index in [0.29, 0.717) is 32.1 Å². The molecule has 33 heavy (non-hydrogen) atoms. The predicted octanol–water partition coefficient (Wildman–Crippen LogP) is 4.27. The summed E-state index contributed by atoms with van der Waals surface area (Å²) in [5.41, 5.74) is 2.97. The van der Waals surface area contributed by atoms with Crippen molar-refractivity contribution in [3.8, 4) is 0 Å². The van der Waals surface area contributed by atoms with Crippen LogP contribution < -0.4 is 10.2 Å². The Labute approximate surface area is 202 Å². The number of halogens is 1. The molecule has 2 N–H and O–H groups in total. The fourth-order valence-electron chi connectivity index (χ4n) is 4.70. The van der Waals surface area contributed by atoms with E-state index in [-0.39, 0.29) is 20.8 Å². The van der Waals surface area contributed by atoms with Gasteiger partial charge in [0, 0.05) is 59.4 Å². The lowest BCUT2D eigenvalue weighted by Crippen LogP contribution is -2.43. The van der Waals surface area contributed by atoms with E-state index in [0.717, 1.165) is 29.2 Å². The molecule has 2 heterocycles. The van der Waals surface area contributed by atoms with Crippen molar-refractivity contribution in [2.45, 2.75) is 37.8 Å². The molecule has 8 heteroatoms. The van der Waals surface area contributed by atoms with Crippen LogP contribution in [0.4, 0.5) is 16.2 Å². The summed E-state index contributed by atoms with van der Waals surface area (Å²) in [6.45, 7) is 3.98.